The number of anilines is 2. The van der Waals surface area contributed by atoms with Gasteiger partial charge in [0.15, 0.2) is 0 Å². The van der Waals surface area contributed by atoms with Crippen LogP contribution in [0.4, 0.5) is 15.9 Å². The number of rotatable bonds is 5. The van der Waals surface area contributed by atoms with Crippen LogP contribution in [0.2, 0.25) is 0 Å². The molecule has 1 N–H and O–H groups in total. The number of pyridine rings is 1. The zero-order valence-corrected chi connectivity index (χ0v) is 18.6. The predicted molar refractivity (Wildman–Crippen MR) is 125 cm³/mol. The zero-order chi connectivity index (χ0) is 22.6. The molecule has 2 aromatic heterocycles. The summed E-state index contributed by atoms with van der Waals surface area (Å²) in [6, 6.07) is 12.0. The van der Waals surface area contributed by atoms with Crippen LogP contribution in [-0.2, 0) is 4.79 Å². The second kappa shape index (κ2) is 9.65. The molecule has 1 saturated heterocycles. The van der Waals surface area contributed by atoms with Crippen LogP contribution in [0.25, 0.3) is 11.3 Å². The molecular formula is C26H28FN5O. The Balaban J connectivity index is 1.37. The fourth-order valence-corrected chi connectivity index (χ4v) is 4.88. The molecule has 2 fully saturated rings. The van der Waals surface area contributed by atoms with Crippen molar-refractivity contribution in [2.45, 2.75) is 44.4 Å². The standard InChI is InChI=1S/C26H28FN5O/c27-21-8-3-9-22(15-21)29-24-16-23(20-7-4-12-28-17-20)30-25(31-24)18-10-13-32(14-11-18)26(33)19-5-1-2-6-19/h3-4,7-9,12,15-19H,1-2,5-6,10-11,13-14H2,(H,29,30,31). The molecule has 1 aliphatic carbocycles. The van der Waals surface area contributed by atoms with Gasteiger partial charge in [-0.3, -0.25) is 9.78 Å². The van der Waals surface area contributed by atoms with E-state index in [1.54, 1.807) is 18.5 Å². The largest absolute Gasteiger partial charge is 0.342 e. The number of nitrogens with zero attached hydrogens (tertiary/aromatic N) is 4. The molecule has 1 aliphatic heterocycles. The van der Waals surface area contributed by atoms with Gasteiger partial charge in [-0.15, -0.1) is 0 Å². The summed E-state index contributed by atoms with van der Waals surface area (Å²) in [5.74, 6) is 1.78. The SMILES string of the molecule is O=C(C1CCCC1)N1CCC(c2nc(Nc3cccc(F)c3)cc(-c3cccnc3)n2)CC1. The summed E-state index contributed by atoms with van der Waals surface area (Å²) in [7, 11) is 0. The molecule has 0 unspecified atom stereocenters. The lowest BCUT2D eigenvalue weighted by Gasteiger charge is -2.33. The number of carbonyl (C=O) groups is 1. The van der Waals surface area contributed by atoms with Crippen molar-refractivity contribution in [1.29, 1.82) is 0 Å². The first-order chi connectivity index (χ1) is 16.2. The zero-order valence-electron chi connectivity index (χ0n) is 18.6. The smallest absolute Gasteiger partial charge is 0.225 e. The van der Waals surface area contributed by atoms with Crippen LogP contribution in [0.15, 0.2) is 54.9 Å². The van der Waals surface area contributed by atoms with Gasteiger partial charge in [-0.1, -0.05) is 18.9 Å². The number of nitrogens with one attached hydrogen (secondary N) is 1. The topological polar surface area (TPSA) is 71.0 Å². The Hall–Kier alpha value is -3.35. The van der Waals surface area contributed by atoms with Crippen LogP contribution in [-0.4, -0.2) is 38.8 Å². The summed E-state index contributed by atoms with van der Waals surface area (Å²) in [5.41, 5.74) is 2.31. The quantitative estimate of drug-likeness (QED) is 0.576. The first kappa shape index (κ1) is 21.5. The van der Waals surface area contributed by atoms with Gasteiger partial charge in [0.25, 0.3) is 0 Å². The van der Waals surface area contributed by atoms with Gasteiger partial charge in [-0.05, 0) is 56.0 Å². The molecule has 0 spiro atoms. The number of aromatic nitrogens is 3. The summed E-state index contributed by atoms with van der Waals surface area (Å²) < 4.78 is 13.7. The van der Waals surface area contributed by atoms with E-state index in [4.69, 9.17) is 9.97 Å². The Labute approximate surface area is 193 Å². The number of likely N-dealkylation sites (tertiary alicyclic amines) is 1. The fourth-order valence-electron chi connectivity index (χ4n) is 4.88. The normalized spacial score (nSPS) is 17.3. The summed E-state index contributed by atoms with van der Waals surface area (Å²) in [6.45, 7) is 1.49. The number of carbonyl (C=O) groups excluding carboxylic acids is 1. The van der Waals surface area contributed by atoms with Crippen LogP contribution in [0.5, 0.6) is 0 Å². The van der Waals surface area contributed by atoms with Crippen molar-refractivity contribution in [3.63, 3.8) is 0 Å². The molecule has 1 aromatic carbocycles. The fraction of sp³-hybridized carbons (Fsp3) is 0.385. The predicted octanol–water partition coefficient (Wildman–Crippen LogP) is 5.32. The van der Waals surface area contributed by atoms with Gasteiger partial charge in [0, 0.05) is 54.6 Å². The van der Waals surface area contributed by atoms with E-state index in [1.165, 1.54) is 25.0 Å². The van der Waals surface area contributed by atoms with Crippen molar-refractivity contribution in [2.24, 2.45) is 5.92 Å². The Morgan fingerprint density at radius 3 is 2.55 bits per heavy atom. The minimum atomic E-state index is -0.305. The summed E-state index contributed by atoms with van der Waals surface area (Å²) in [5, 5.41) is 3.22. The Bertz CT molecular complexity index is 1110. The molecule has 170 valence electrons. The molecule has 33 heavy (non-hydrogen) atoms. The molecule has 6 nitrogen and oxygen atoms in total. The van der Waals surface area contributed by atoms with Gasteiger partial charge in [-0.2, -0.15) is 0 Å². The van der Waals surface area contributed by atoms with Gasteiger partial charge in [0.2, 0.25) is 5.91 Å². The first-order valence-electron chi connectivity index (χ1n) is 11.8. The Kier molecular flexibility index (Phi) is 6.28. The second-order valence-electron chi connectivity index (χ2n) is 8.95. The highest BCUT2D eigenvalue weighted by Gasteiger charge is 2.31. The molecular weight excluding hydrogens is 417 g/mol. The molecule has 7 heteroatoms. The molecule has 5 rings (SSSR count). The summed E-state index contributed by atoms with van der Waals surface area (Å²) in [6.07, 6.45) is 9.60. The third-order valence-electron chi connectivity index (χ3n) is 6.67. The summed E-state index contributed by atoms with van der Waals surface area (Å²) >= 11 is 0. The molecule has 3 aromatic rings. The van der Waals surface area contributed by atoms with Gasteiger partial charge in [0.05, 0.1) is 5.69 Å². The van der Waals surface area contributed by atoms with E-state index in [0.29, 0.717) is 17.4 Å². The van der Waals surface area contributed by atoms with Crippen molar-refractivity contribution in [3.8, 4) is 11.3 Å². The van der Waals surface area contributed by atoms with Crippen LogP contribution < -0.4 is 5.32 Å². The maximum atomic E-state index is 13.7. The molecule has 1 amide bonds. The maximum absolute atomic E-state index is 13.7. The number of benzene rings is 1. The molecule has 2 aliphatic rings. The van der Waals surface area contributed by atoms with E-state index in [9.17, 15) is 9.18 Å². The monoisotopic (exact) mass is 445 g/mol. The van der Waals surface area contributed by atoms with Gasteiger partial charge < -0.3 is 10.2 Å². The second-order valence-corrected chi connectivity index (χ2v) is 8.95. The number of hydrogen-bond acceptors (Lipinski definition) is 5. The van der Waals surface area contributed by atoms with Crippen LogP contribution in [0.3, 0.4) is 0 Å². The van der Waals surface area contributed by atoms with Crippen LogP contribution in [0.1, 0.15) is 50.3 Å². The lowest BCUT2D eigenvalue weighted by atomic mass is 9.94. The van der Waals surface area contributed by atoms with E-state index in [0.717, 1.165) is 55.9 Å². The average molecular weight is 446 g/mol. The van der Waals surface area contributed by atoms with Gasteiger partial charge >= 0.3 is 0 Å². The highest BCUT2D eigenvalue weighted by Crippen LogP contribution is 2.32. The van der Waals surface area contributed by atoms with Gasteiger partial charge in [0.1, 0.15) is 17.5 Å². The van der Waals surface area contributed by atoms with E-state index < -0.39 is 0 Å². The van der Waals surface area contributed by atoms with Crippen molar-refractivity contribution >= 4 is 17.4 Å². The number of halogens is 1. The molecule has 1 saturated carbocycles. The highest BCUT2D eigenvalue weighted by atomic mass is 19.1. The molecule has 3 heterocycles. The lowest BCUT2D eigenvalue weighted by molar-refractivity contribution is -0.136. The molecule has 0 radical (unpaired) electrons. The van der Waals surface area contributed by atoms with Crippen molar-refractivity contribution in [3.05, 3.63) is 66.5 Å². The maximum Gasteiger partial charge on any atom is 0.225 e. The van der Waals surface area contributed by atoms with E-state index in [2.05, 4.69) is 10.3 Å². The number of piperidine rings is 1. The minimum absolute atomic E-state index is 0.169. The number of hydrogen-bond donors (Lipinski definition) is 1. The van der Waals surface area contributed by atoms with Crippen LogP contribution in [0, 0.1) is 11.7 Å². The third-order valence-corrected chi connectivity index (χ3v) is 6.67. The summed E-state index contributed by atoms with van der Waals surface area (Å²) in [4.78, 5) is 28.7. The van der Waals surface area contributed by atoms with E-state index in [-0.39, 0.29) is 17.7 Å². The Morgan fingerprint density at radius 1 is 1.00 bits per heavy atom. The highest BCUT2D eigenvalue weighted by molar-refractivity contribution is 5.79. The third kappa shape index (κ3) is 5.02. The van der Waals surface area contributed by atoms with Crippen molar-refractivity contribution in [2.75, 3.05) is 18.4 Å². The first-order valence-corrected chi connectivity index (χ1v) is 11.8. The molecule has 0 atom stereocenters. The van der Waals surface area contributed by atoms with Crippen LogP contribution >= 0.6 is 0 Å². The van der Waals surface area contributed by atoms with Crippen molar-refractivity contribution < 1.29 is 9.18 Å². The van der Waals surface area contributed by atoms with Gasteiger partial charge in [-0.25, -0.2) is 14.4 Å². The average Bonchev–Trinajstić information content (AvgIpc) is 3.39. The van der Waals surface area contributed by atoms with E-state index in [1.807, 2.05) is 29.2 Å². The number of amides is 1. The Morgan fingerprint density at radius 2 is 1.82 bits per heavy atom. The van der Waals surface area contributed by atoms with Crippen molar-refractivity contribution in [1.82, 2.24) is 19.9 Å². The van der Waals surface area contributed by atoms with E-state index >= 15 is 0 Å². The minimum Gasteiger partial charge on any atom is -0.342 e. The lowest BCUT2D eigenvalue weighted by Crippen LogP contribution is -2.41. The molecule has 0 bridgehead atoms.